The van der Waals surface area contributed by atoms with Crippen LogP contribution in [-0.2, 0) is 18.6 Å². The van der Waals surface area contributed by atoms with Crippen LogP contribution in [0.5, 0.6) is 0 Å². The maximum absolute atomic E-state index is 11.5. The van der Waals surface area contributed by atoms with E-state index in [2.05, 4.69) is 5.09 Å². The number of hydrogen-bond acceptors (Lipinski definition) is 4. The van der Waals surface area contributed by atoms with Gasteiger partial charge in [-0.2, -0.15) is 0 Å². The van der Waals surface area contributed by atoms with Gasteiger partial charge in [0.05, 0.1) is 5.16 Å². The smallest absolute Gasteiger partial charge is 0.270 e. The molecule has 0 aromatic heterocycles. The molecule has 10 heteroatoms. The zero-order valence-electron chi connectivity index (χ0n) is 17.3. The van der Waals surface area contributed by atoms with Crippen LogP contribution in [-0.4, -0.2) is 46.9 Å². The number of hydrogen-bond donors (Lipinski definition) is 4. The molecule has 0 spiro atoms. The molecule has 164 valence electrons. The van der Waals surface area contributed by atoms with Crippen molar-refractivity contribution < 1.29 is 28.4 Å². The van der Waals surface area contributed by atoms with E-state index < -0.39 is 20.9 Å². The van der Waals surface area contributed by atoms with Crippen LogP contribution in [0.15, 0.2) is 0 Å². The molecule has 5 N–H and O–H groups in total. The average molecular weight is 430 g/mol. The van der Waals surface area contributed by atoms with Crippen LogP contribution < -0.4 is 10.6 Å². The lowest BCUT2D eigenvalue weighted by Crippen LogP contribution is -2.34. The summed E-state index contributed by atoms with van der Waals surface area (Å²) in [5.74, 6) is 0. The number of nitrogens with one attached hydrogen (secondary N) is 1. The maximum Gasteiger partial charge on any atom is 0.270 e. The molecule has 2 atom stereocenters. The highest BCUT2D eigenvalue weighted by Gasteiger charge is 2.34. The molecular weight excluding hydrogens is 390 g/mol. The van der Waals surface area contributed by atoms with Crippen molar-refractivity contribution in [3.8, 4) is 0 Å². The van der Waals surface area contributed by atoms with E-state index in [1.165, 1.54) is 0 Å². The summed E-state index contributed by atoms with van der Waals surface area (Å²) in [6, 6.07) is 0. The predicted octanol–water partition coefficient (Wildman–Crippen LogP) is 3.42. The Morgan fingerprint density at radius 3 is 1.81 bits per heavy atom. The highest BCUT2D eigenvalue weighted by atomic mass is 31.2. The summed E-state index contributed by atoms with van der Waals surface area (Å²) >= 11 is 0. The molecule has 0 saturated carbocycles. The molecule has 0 amide bonds. The van der Waals surface area contributed by atoms with E-state index in [-0.39, 0.29) is 5.54 Å². The Balaban J connectivity index is 3.44. The SMILES string of the molecule is CC(C)(CCCCOCCCOCCCCC(C)(C)P(N)(=O)O)N[PH](=O)O. The third-order valence-electron chi connectivity index (χ3n) is 4.56. The first-order valence-corrected chi connectivity index (χ1v) is 12.7. The molecule has 0 aliphatic carbocycles. The molecule has 0 radical (unpaired) electrons. The highest BCUT2D eigenvalue weighted by molar-refractivity contribution is 7.57. The van der Waals surface area contributed by atoms with Crippen molar-refractivity contribution in [1.29, 1.82) is 0 Å². The van der Waals surface area contributed by atoms with Gasteiger partial charge in [0.1, 0.15) is 0 Å². The third kappa shape index (κ3) is 14.8. The van der Waals surface area contributed by atoms with E-state index in [1.807, 2.05) is 13.8 Å². The highest BCUT2D eigenvalue weighted by Crippen LogP contribution is 2.49. The van der Waals surface area contributed by atoms with Crippen molar-refractivity contribution in [2.24, 2.45) is 5.50 Å². The van der Waals surface area contributed by atoms with Crippen molar-refractivity contribution in [3.05, 3.63) is 0 Å². The van der Waals surface area contributed by atoms with Crippen molar-refractivity contribution in [3.63, 3.8) is 0 Å². The van der Waals surface area contributed by atoms with E-state index in [9.17, 15) is 14.0 Å². The summed E-state index contributed by atoms with van der Waals surface area (Å²) in [5.41, 5.74) is 5.01. The van der Waals surface area contributed by atoms with Crippen LogP contribution >= 0.6 is 15.7 Å². The number of nitrogens with two attached hydrogens (primary N) is 1. The molecule has 0 heterocycles. The van der Waals surface area contributed by atoms with Gasteiger partial charge < -0.3 is 19.3 Å². The molecule has 0 bridgehead atoms. The van der Waals surface area contributed by atoms with Gasteiger partial charge >= 0.3 is 0 Å². The van der Waals surface area contributed by atoms with Gasteiger partial charge in [0, 0.05) is 32.0 Å². The second-order valence-corrected chi connectivity index (χ2v) is 11.6. The van der Waals surface area contributed by atoms with Crippen molar-refractivity contribution in [1.82, 2.24) is 5.09 Å². The van der Waals surface area contributed by atoms with E-state index in [0.29, 0.717) is 32.8 Å². The predicted molar refractivity (Wildman–Crippen MR) is 110 cm³/mol. The quantitative estimate of drug-likeness (QED) is 0.204. The van der Waals surface area contributed by atoms with Crippen molar-refractivity contribution in [2.45, 2.75) is 83.3 Å². The van der Waals surface area contributed by atoms with Gasteiger partial charge in [-0.3, -0.25) is 14.6 Å². The lowest BCUT2D eigenvalue weighted by atomic mass is 9.99. The lowest BCUT2D eigenvalue weighted by Gasteiger charge is -2.26. The molecule has 0 fully saturated rings. The van der Waals surface area contributed by atoms with Crippen LogP contribution in [0.25, 0.3) is 0 Å². The molecular formula is C17H40N2O6P2. The Morgan fingerprint density at radius 2 is 1.37 bits per heavy atom. The topological polar surface area (TPSA) is 131 Å². The molecule has 0 saturated heterocycles. The van der Waals surface area contributed by atoms with Gasteiger partial charge in [0.2, 0.25) is 0 Å². The summed E-state index contributed by atoms with van der Waals surface area (Å²) in [6.45, 7) is 9.88. The Kier molecular flexibility index (Phi) is 13.6. The molecule has 0 aliphatic rings. The summed E-state index contributed by atoms with van der Waals surface area (Å²) in [6.07, 6.45) is 5.76. The Hall–Kier alpha value is 0.220. The van der Waals surface area contributed by atoms with Crippen LogP contribution in [0.2, 0.25) is 0 Å². The molecule has 0 aliphatic heterocycles. The van der Waals surface area contributed by atoms with E-state index >= 15 is 0 Å². The summed E-state index contributed by atoms with van der Waals surface area (Å²) in [7, 11) is -6.20. The molecule has 27 heavy (non-hydrogen) atoms. The average Bonchev–Trinajstić information content (AvgIpc) is 2.49. The van der Waals surface area contributed by atoms with Gasteiger partial charge in [-0.05, 0) is 66.2 Å². The van der Waals surface area contributed by atoms with Gasteiger partial charge in [-0.25, -0.2) is 5.09 Å². The fraction of sp³-hybridized carbons (Fsp3) is 1.00. The minimum absolute atomic E-state index is 0.327. The minimum atomic E-state index is -3.55. The van der Waals surface area contributed by atoms with Gasteiger partial charge in [0.25, 0.3) is 15.7 Å². The maximum atomic E-state index is 11.5. The molecule has 0 aromatic rings. The number of ether oxygens (including phenoxy) is 2. The molecule has 0 aromatic carbocycles. The van der Waals surface area contributed by atoms with Crippen LogP contribution in [0, 0.1) is 0 Å². The normalized spacial score (nSPS) is 16.3. The Morgan fingerprint density at radius 1 is 0.926 bits per heavy atom. The van der Waals surface area contributed by atoms with Gasteiger partial charge in [-0.1, -0.05) is 6.42 Å². The molecule has 0 rings (SSSR count). The lowest BCUT2D eigenvalue weighted by molar-refractivity contribution is 0.0789. The second-order valence-electron chi connectivity index (χ2n) is 8.24. The van der Waals surface area contributed by atoms with Crippen molar-refractivity contribution in [2.75, 3.05) is 26.4 Å². The Labute approximate surface area is 165 Å². The first-order chi connectivity index (χ1) is 12.4. The zero-order chi connectivity index (χ0) is 21.0. The van der Waals surface area contributed by atoms with Gasteiger partial charge in [-0.15, -0.1) is 0 Å². The summed E-state index contributed by atoms with van der Waals surface area (Å²) in [4.78, 5) is 18.4. The number of rotatable bonds is 17. The minimum Gasteiger partial charge on any atom is -0.381 e. The van der Waals surface area contributed by atoms with Gasteiger partial charge in [0.15, 0.2) is 0 Å². The largest absolute Gasteiger partial charge is 0.381 e. The summed E-state index contributed by atoms with van der Waals surface area (Å²) in [5, 5.41) is 1.94. The molecule has 8 nitrogen and oxygen atoms in total. The second kappa shape index (κ2) is 13.4. The van der Waals surface area contributed by atoms with Crippen LogP contribution in [0.1, 0.15) is 72.6 Å². The molecule has 2 unspecified atom stereocenters. The Bertz CT molecular complexity index is 468. The first kappa shape index (κ1) is 27.2. The fourth-order valence-corrected chi connectivity index (χ4v) is 3.69. The summed E-state index contributed by atoms with van der Waals surface area (Å²) < 4.78 is 33.5. The van der Waals surface area contributed by atoms with E-state index in [0.717, 1.165) is 38.5 Å². The third-order valence-corrected chi connectivity index (χ3v) is 7.41. The van der Waals surface area contributed by atoms with Crippen LogP contribution in [0.3, 0.4) is 0 Å². The van der Waals surface area contributed by atoms with Crippen molar-refractivity contribution >= 4 is 15.7 Å². The fourth-order valence-electron chi connectivity index (χ4n) is 2.51. The monoisotopic (exact) mass is 430 g/mol. The standard InChI is InChI=1S/C17H40N2O6P2/c1-16(2,19-26(20)21)10-5-7-12-24-14-9-15-25-13-8-6-11-17(3,4)27(18,22)23/h26H,5-15H2,1-4H3,(H3,18,22,23)(H2,19,20,21). The number of unbranched alkanes of at least 4 members (excludes halogenated alkanes) is 2. The van der Waals surface area contributed by atoms with E-state index in [4.69, 9.17) is 19.9 Å². The van der Waals surface area contributed by atoms with E-state index in [1.54, 1.807) is 13.8 Å². The zero-order valence-corrected chi connectivity index (χ0v) is 19.2. The first-order valence-electron chi connectivity index (χ1n) is 9.65. The van der Waals surface area contributed by atoms with Crippen LogP contribution in [0.4, 0.5) is 0 Å².